The highest BCUT2D eigenvalue weighted by Crippen LogP contribution is 2.26. The monoisotopic (exact) mass is 244 g/mol. The Labute approximate surface area is 97.8 Å². The standard InChI is InChI=1S/C11H14F2N2O2/c1-3-17-10(16)5-7-6(2)15-9(14)4-8(7)11(12)13/h4,11H,3,5H2,1-2H3,(H2,14,15). The maximum atomic E-state index is 12.8. The van der Waals surface area contributed by atoms with Crippen molar-refractivity contribution in [2.24, 2.45) is 0 Å². The number of rotatable bonds is 4. The van der Waals surface area contributed by atoms with E-state index in [-0.39, 0.29) is 30.0 Å². The zero-order valence-electron chi connectivity index (χ0n) is 9.67. The molecule has 0 amide bonds. The number of nitrogens with zero attached hydrogens (tertiary/aromatic N) is 1. The minimum Gasteiger partial charge on any atom is -0.466 e. The predicted molar refractivity (Wildman–Crippen MR) is 58.7 cm³/mol. The molecule has 1 heterocycles. The Morgan fingerprint density at radius 1 is 1.59 bits per heavy atom. The molecule has 0 atom stereocenters. The van der Waals surface area contributed by atoms with Gasteiger partial charge >= 0.3 is 5.97 Å². The topological polar surface area (TPSA) is 65.2 Å². The van der Waals surface area contributed by atoms with Crippen LogP contribution in [0.2, 0.25) is 0 Å². The summed E-state index contributed by atoms with van der Waals surface area (Å²) in [5.74, 6) is -0.533. The zero-order chi connectivity index (χ0) is 13.0. The van der Waals surface area contributed by atoms with Gasteiger partial charge in [0.15, 0.2) is 0 Å². The molecule has 0 saturated carbocycles. The lowest BCUT2D eigenvalue weighted by Gasteiger charge is -2.12. The largest absolute Gasteiger partial charge is 0.466 e. The lowest BCUT2D eigenvalue weighted by Crippen LogP contribution is -2.12. The number of hydrogen-bond donors (Lipinski definition) is 1. The smallest absolute Gasteiger partial charge is 0.310 e. The maximum Gasteiger partial charge on any atom is 0.310 e. The fraction of sp³-hybridized carbons (Fsp3) is 0.455. The Bertz CT molecular complexity index is 422. The first kappa shape index (κ1) is 13.3. The Balaban J connectivity index is 3.08. The summed E-state index contributed by atoms with van der Waals surface area (Å²) in [7, 11) is 0. The molecule has 1 rings (SSSR count). The third-order valence-corrected chi connectivity index (χ3v) is 2.25. The Morgan fingerprint density at radius 3 is 2.76 bits per heavy atom. The molecule has 0 fully saturated rings. The number of pyridine rings is 1. The van der Waals surface area contributed by atoms with Crippen molar-refractivity contribution in [3.8, 4) is 0 Å². The number of anilines is 1. The molecule has 0 spiro atoms. The minimum absolute atomic E-state index is 0.0189. The lowest BCUT2D eigenvalue weighted by molar-refractivity contribution is -0.142. The average molecular weight is 244 g/mol. The van der Waals surface area contributed by atoms with E-state index in [1.54, 1.807) is 6.92 Å². The van der Waals surface area contributed by atoms with Crippen LogP contribution in [0.4, 0.5) is 14.6 Å². The van der Waals surface area contributed by atoms with Gasteiger partial charge in [0.1, 0.15) is 5.82 Å². The van der Waals surface area contributed by atoms with Crippen LogP contribution in [0, 0.1) is 6.92 Å². The summed E-state index contributed by atoms with van der Waals surface area (Å²) in [6.07, 6.45) is -2.91. The van der Waals surface area contributed by atoms with E-state index in [2.05, 4.69) is 4.98 Å². The summed E-state index contributed by atoms with van der Waals surface area (Å²) in [6.45, 7) is 3.40. The van der Waals surface area contributed by atoms with Gasteiger partial charge in [-0.3, -0.25) is 4.79 Å². The summed E-state index contributed by atoms with van der Waals surface area (Å²) >= 11 is 0. The van der Waals surface area contributed by atoms with Crippen molar-refractivity contribution >= 4 is 11.8 Å². The minimum atomic E-state index is -2.69. The number of alkyl halides is 2. The number of nitrogens with two attached hydrogens (primary N) is 1. The van der Waals surface area contributed by atoms with Crippen molar-refractivity contribution in [1.82, 2.24) is 4.98 Å². The van der Waals surface area contributed by atoms with Gasteiger partial charge in [0.05, 0.1) is 13.0 Å². The number of ether oxygens (including phenoxy) is 1. The maximum absolute atomic E-state index is 12.8. The van der Waals surface area contributed by atoms with E-state index in [0.717, 1.165) is 6.07 Å². The molecule has 0 aliphatic rings. The Kier molecular flexibility index (Phi) is 4.37. The van der Waals surface area contributed by atoms with Crippen molar-refractivity contribution < 1.29 is 18.3 Å². The highest BCUT2D eigenvalue weighted by molar-refractivity contribution is 5.73. The van der Waals surface area contributed by atoms with Crippen LogP contribution in [-0.2, 0) is 16.0 Å². The molecule has 1 aromatic rings. The normalized spacial score (nSPS) is 10.6. The van der Waals surface area contributed by atoms with Crippen molar-refractivity contribution in [1.29, 1.82) is 0 Å². The van der Waals surface area contributed by atoms with Crippen molar-refractivity contribution in [2.75, 3.05) is 12.3 Å². The number of carbonyl (C=O) groups excluding carboxylic acids is 1. The van der Waals surface area contributed by atoms with Gasteiger partial charge in [-0.05, 0) is 25.5 Å². The molecule has 0 bridgehead atoms. The van der Waals surface area contributed by atoms with E-state index in [0.29, 0.717) is 5.69 Å². The van der Waals surface area contributed by atoms with Gasteiger partial charge in [-0.2, -0.15) is 0 Å². The van der Waals surface area contributed by atoms with Gasteiger partial charge in [-0.1, -0.05) is 0 Å². The second-order valence-electron chi connectivity index (χ2n) is 3.48. The molecule has 94 valence electrons. The third-order valence-electron chi connectivity index (χ3n) is 2.25. The molecule has 17 heavy (non-hydrogen) atoms. The first-order valence-electron chi connectivity index (χ1n) is 5.15. The van der Waals surface area contributed by atoms with Gasteiger partial charge in [0, 0.05) is 11.3 Å². The van der Waals surface area contributed by atoms with Gasteiger partial charge in [-0.25, -0.2) is 13.8 Å². The molecule has 0 aromatic carbocycles. The fourth-order valence-corrected chi connectivity index (χ4v) is 1.53. The van der Waals surface area contributed by atoms with Crippen LogP contribution in [0.5, 0.6) is 0 Å². The van der Waals surface area contributed by atoms with Crippen LogP contribution in [-0.4, -0.2) is 17.6 Å². The summed E-state index contributed by atoms with van der Waals surface area (Å²) in [5.41, 5.74) is 5.65. The number of aromatic nitrogens is 1. The van der Waals surface area contributed by atoms with Crippen LogP contribution in [0.25, 0.3) is 0 Å². The third kappa shape index (κ3) is 3.37. The number of esters is 1. The summed E-state index contributed by atoms with van der Waals surface area (Å²) in [5, 5.41) is 0. The van der Waals surface area contributed by atoms with Crippen LogP contribution in [0.1, 0.15) is 30.2 Å². The number of halogens is 2. The molecule has 0 aliphatic carbocycles. The first-order chi connectivity index (χ1) is 7.95. The van der Waals surface area contributed by atoms with E-state index < -0.39 is 12.4 Å². The number of carbonyl (C=O) groups is 1. The quantitative estimate of drug-likeness (QED) is 0.823. The number of nitrogen functional groups attached to an aromatic ring is 1. The van der Waals surface area contributed by atoms with Crippen LogP contribution in [0.15, 0.2) is 6.07 Å². The first-order valence-corrected chi connectivity index (χ1v) is 5.15. The average Bonchev–Trinajstić information content (AvgIpc) is 2.21. The summed E-state index contributed by atoms with van der Waals surface area (Å²) < 4.78 is 30.3. The zero-order valence-corrected chi connectivity index (χ0v) is 9.67. The van der Waals surface area contributed by atoms with E-state index in [1.165, 1.54) is 6.92 Å². The second kappa shape index (κ2) is 5.56. The van der Waals surface area contributed by atoms with E-state index in [4.69, 9.17) is 10.5 Å². The van der Waals surface area contributed by atoms with Crippen molar-refractivity contribution in [2.45, 2.75) is 26.7 Å². The second-order valence-corrected chi connectivity index (χ2v) is 3.48. The van der Waals surface area contributed by atoms with Crippen LogP contribution in [0.3, 0.4) is 0 Å². The van der Waals surface area contributed by atoms with E-state index in [1.807, 2.05) is 0 Å². The lowest BCUT2D eigenvalue weighted by atomic mass is 10.0. The van der Waals surface area contributed by atoms with Gasteiger partial charge in [0.25, 0.3) is 6.43 Å². The van der Waals surface area contributed by atoms with Gasteiger partial charge in [-0.15, -0.1) is 0 Å². The van der Waals surface area contributed by atoms with Crippen LogP contribution >= 0.6 is 0 Å². The van der Waals surface area contributed by atoms with Crippen molar-refractivity contribution in [3.05, 3.63) is 22.9 Å². The number of hydrogen-bond acceptors (Lipinski definition) is 4. The Hall–Kier alpha value is -1.72. The molecule has 0 saturated heterocycles. The predicted octanol–water partition coefficient (Wildman–Crippen LogP) is 2.02. The number of aryl methyl sites for hydroxylation is 1. The molecule has 6 heteroatoms. The van der Waals surface area contributed by atoms with Crippen molar-refractivity contribution in [3.63, 3.8) is 0 Å². The molecule has 2 N–H and O–H groups in total. The summed E-state index contributed by atoms with van der Waals surface area (Å²) in [6, 6.07) is 1.09. The molecular weight excluding hydrogens is 230 g/mol. The fourth-order valence-electron chi connectivity index (χ4n) is 1.53. The molecular formula is C11H14F2N2O2. The van der Waals surface area contributed by atoms with Gasteiger partial charge in [0.2, 0.25) is 0 Å². The van der Waals surface area contributed by atoms with Gasteiger partial charge < -0.3 is 10.5 Å². The van der Waals surface area contributed by atoms with Crippen LogP contribution < -0.4 is 5.73 Å². The highest BCUT2D eigenvalue weighted by Gasteiger charge is 2.19. The summed E-state index contributed by atoms with van der Waals surface area (Å²) in [4.78, 5) is 15.2. The molecule has 0 aliphatic heterocycles. The molecule has 1 aromatic heterocycles. The molecule has 4 nitrogen and oxygen atoms in total. The highest BCUT2D eigenvalue weighted by atomic mass is 19.3. The van der Waals surface area contributed by atoms with E-state index >= 15 is 0 Å². The molecule has 0 radical (unpaired) electrons. The van der Waals surface area contributed by atoms with E-state index in [9.17, 15) is 13.6 Å². The molecule has 0 unspecified atom stereocenters. The SMILES string of the molecule is CCOC(=O)Cc1c(C(F)F)cc(N)nc1C. The Morgan fingerprint density at radius 2 is 2.24 bits per heavy atom.